The van der Waals surface area contributed by atoms with E-state index < -0.39 is 0 Å². The van der Waals surface area contributed by atoms with Crippen molar-refractivity contribution in [2.24, 2.45) is 0 Å². The molecule has 0 N–H and O–H groups in total. The van der Waals surface area contributed by atoms with Crippen LogP contribution in [0, 0.1) is 0 Å². The summed E-state index contributed by atoms with van der Waals surface area (Å²) in [6.45, 7) is 7.38. The Morgan fingerprint density at radius 2 is 1.74 bits per heavy atom. The van der Waals surface area contributed by atoms with Crippen molar-refractivity contribution in [1.29, 1.82) is 0 Å². The molecule has 0 atom stereocenters. The topological polar surface area (TPSA) is 61.3 Å². The summed E-state index contributed by atoms with van der Waals surface area (Å²) in [5.41, 5.74) is 1.10. The summed E-state index contributed by atoms with van der Waals surface area (Å²) in [4.78, 5) is 24.3. The Balaban J connectivity index is 1.23. The molecule has 2 aliphatic rings. The van der Waals surface area contributed by atoms with Crippen molar-refractivity contribution in [3.63, 3.8) is 0 Å². The average molecular weight is 311 g/mol. The van der Waals surface area contributed by atoms with E-state index in [-0.39, 0.29) is 0 Å². The molecule has 23 heavy (non-hydrogen) atoms. The van der Waals surface area contributed by atoms with Gasteiger partial charge in [-0.2, -0.15) is 0 Å². The summed E-state index contributed by atoms with van der Waals surface area (Å²) in [6, 6.07) is 4.53. The van der Waals surface area contributed by atoms with Crippen molar-refractivity contribution in [3.8, 4) is 0 Å². The first kappa shape index (κ1) is 14.5. The van der Waals surface area contributed by atoms with Crippen LogP contribution in [0.15, 0.2) is 37.1 Å². The zero-order chi connectivity index (χ0) is 15.5. The molecule has 2 aliphatic heterocycles. The van der Waals surface area contributed by atoms with Gasteiger partial charge in [0, 0.05) is 70.4 Å². The molecule has 0 spiro atoms. The van der Waals surface area contributed by atoms with E-state index in [1.165, 1.54) is 0 Å². The van der Waals surface area contributed by atoms with Crippen LogP contribution >= 0.6 is 0 Å². The fraction of sp³-hybridized carbons (Fsp3) is 0.500. The monoisotopic (exact) mass is 311 g/mol. The highest BCUT2D eigenvalue weighted by Crippen LogP contribution is 2.19. The fourth-order valence-electron chi connectivity index (χ4n) is 3.28. The van der Waals surface area contributed by atoms with Crippen LogP contribution in [0.4, 0.5) is 5.95 Å². The first-order chi connectivity index (χ1) is 11.4. The maximum absolute atomic E-state index is 4.34. The predicted octanol–water partition coefficient (Wildman–Crippen LogP) is 0.273. The zero-order valence-corrected chi connectivity index (χ0v) is 13.1. The standard InChI is InChI=1S/C16H21N7/c1-3-18-16(19-4-1)23-8-6-22(7-9-23)15-11-21(12-15)10-14-2-5-17-13-20-14/h1-5,13,15H,6-12H2. The number of nitrogens with zero attached hydrogens (tertiary/aromatic N) is 7. The molecular weight excluding hydrogens is 290 g/mol. The molecule has 4 heterocycles. The Kier molecular flexibility index (Phi) is 4.12. The van der Waals surface area contributed by atoms with Gasteiger partial charge >= 0.3 is 0 Å². The van der Waals surface area contributed by atoms with Crippen molar-refractivity contribution < 1.29 is 0 Å². The van der Waals surface area contributed by atoms with Crippen molar-refractivity contribution in [3.05, 3.63) is 42.7 Å². The average Bonchev–Trinajstić information content (AvgIpc) is 2.60. The molecule has 0 radical (unpaired) electrons. The van der Waals surface area contributed by atoms with E-state index in [4.69, 9.17) is 0 Å². The van der Waals surface area contributed by atoms with Crippen LogP contribution in [0.5, 0.6) is 0 Å². The Labute approximate surface area is 136 Å². The summed E-state index contributed by atoms with van der Waals surface area (Å²) >= 11 is 0. The molecule has 0 bridgehead atoms. The molecule has 2 aromatic rings. The number of likely N-dealkylation sites (tertiary alicyclic amines) is 1. The SMILES string of the molecule is c1cnc(N2CCN(C3CN(Cc4ccncn4)C3)CC2)nc1. The highest BCUT2D eigenvalue weighted by molar-refractivity contribution is 5.29. The lowest BCUT2D eigenvalue weighted by atomic mass is 10.1. The minimum absolute atomic E-state index is 0.677. The zero-order valence-electron chi connectivity index (χ0n) is 13.1. The van der Waals surface area contributed by atoms with Gasteiger partial charge in [0.2, 0.25) is 5.95 Å². The first-order valence-corrected chi connectivity index (χ1v) is 8.12. The van der Waals surface area contributed by atoms with E-state index in [9.17, 15) is 0 Å². The normalized spacial score (nSPS) is 20.4. The number of piperazine rings is 1. The lowest BCUT2D eigenvalue weighted by Gasteiger charge is -2.48. The predicted molar refractivity (Wildman–Crippen MR) is 86.9 cm³/mol. The maximum atomic E-state index is 4.34. The number of anilines is 1. The smallest absolute Gasteiger partial charge is 0.225 e. The largest absolute Gasteiger partial charge is 0.338 e. The molecule has 0 amide bonds. The van der Waals surface area contributed by atoms with Crippen LogP contribution in [-0.2, 0) is 6.54 Å². The maximum Gasteiger partial charge on any atom is 0.225 e. The second-order valence-electron chi connectivity index (χ2n) is 6.12. The van der Waals surface area contributed by atoms with E-state index in [1.807, 2.05) is 30.7 Å². The highest BCUT2D eigenvalue weighted by Gasteiger charge is 2.33. The van der Waals surface area contributed by atoms with Crippen LogP contribution in [-0.4, -0.2) is 75.0 Å². The van der Waals surface area contributed by atoms with Crippen LogP contribution in [0.25, 0.3) is 0 Å². The minimum atomic E-state index is 0.677. The summed E-state index contributed by atoms with van der Waals surface area (Å²) in [7, 11) is 0. The van der Waals surface area contributed by atoms with Gasteiger partial charge < -0.3 is 4.90 Å². The van der Waals surface area contributed by atoms with Crippen LogP contribution in [0.3, 0.4) is 0 Å². The Morgan fingerprint density at radius 3 is 2.43 bits per heavy atom. The van der Waals surface area contributed by atoms with Crippen molar-refractivity contribution in [2.75, 3.05) is 44.2 Å². The quantitative estimate of drug-likeness (QED) is 0.803. The molecule has 2 aromatic heterocycles. The Morgan fingerprint density at radius 1 is 0.957 bits per heavy atom. The van der Waals surface area contributed by atoms with Gasteiger partial charge in [0.25, 0.3) is 0 Å². The number of hydrogen-bond donors (Lipinski definition) is 0. The first-order valence-electron chi connectivity index (χ1n) is 8.12. The number of rotatable bonds is 4. The summed E-state index contributed by atoms with van der Waals surface area (Å²) in [5.74, 6) is 0.853. The van der Waals surface area contributed by atoms with Gasteiger partial charge in [-0.25, -0.2) is 19.9 Å². The van der Waals surface area contributed by atoms with Crippen LogP contribution in [0.1, 0.15) is 5.69 Å². The molecular formula is C16H21N7. The molecule has 120 valence electrons. The van der Waals surface area contributed by atoms with Gasteiger partial charge in [0.15, 0.2) is 0 Å². The summed E-state index contributed by atoms with van der Waals surface area (Å²) < 4.78 is 0. The van der Waals surface area contributed by atoms with E-state index in [0.29, 0.717) is 6.04 Å². The molecule has 4 rings (SSSR count). The molecule has 0 unspecified atom stereocenters. The number of hydrogen-bond acceptors (Lipinski definition) is 7. The van der Waals surface area contributed by atoms with E-state index in [1.54, 1.807) is 6.33 Å². The fourth-order valence-corrected chi connectivity index (χ4v) is 3.28. The number of aromatic nitrogens is 4. The van der Waals surface area contributed by atoms with Gasteiger partial charge in [-0.3, -0.25) is 9.80 Å². The molecule has 7 heteroatoms. The molecule has 2 fully saturated rings. The lowest BCUT2D eigenvalue weighted by molar-refractivity contribution is 0.0247. The van der Waals surface area contributed by atoms with E-state index in [2.05, 4.69) is 34.6 Å². The summed E-state index contributed by atoms with van der Waals surface area (Å²) in [5, 5.41) is 0. The third-order valence-electron chi connectivity index (χ3n) is 4.63. The van der Waals surface area contributed by atoms with Gasteiger partial charge in [0.05, 0.1) is 5.69 Å². The van der Waals surface area contributed by atoms with E-state index >= 15 is 0 Å². The third-order valence-corrected chi connectivity index (χ3v) is 4.63. The van der Waals surface area contributed by atoms with Crippen molar-refractivity contribution in [1.82, 2.24) is 29.7 Å². The second kappa shape index (κ2) is 6.55. The van der Waals surface area contributed by atoms with Gasteiger partial charge in [-0.05, 0) is 12.1 Å². The molecule has 2 saturated heterocycles. The molecule has 7 nitrogen and oxygen atoms in total. The third kappa shape index (κ3) is 3.30. The molecule has 0 saturated carbocycles. The summed E-state index contributed by atoms with van der Waals surface area (Å²) in [6.07, 6.45) is 7.05. The Bertz CT molecular complexity index is 607. The van der Waals surface area contributed by atoms with Crippen molar-refractivity contribution in [2.45, 2.75) is 12.6 Å². The minimum Gasteiger partial charge on any atom is -0.338 e. The molecule has 0 aromatic carbocycles. The highest BCUT2D eigenvalue weighted by atomic mass is 15.4. The van der Waals surface area contributed by atoms with Crippen molar-refractivity contribution >= 4 is 5.95 Å². The molecule has 0 aliphatic carbocycles. The van der Waals surface area contributed by atoms with Crippen LogP contribution in [0.2, 0.25) is 0 Å². The Hall–Kier alpha value is -2.12. The van der Waals surface area contributed by atoms with E-state index in [0.717, 1.165) is 57.5 Å². The lowest BCUT2D eigenvalue weighted by Crippen LogP contribution is -2.62. The second-order valence-corrected chi connectivity index (χ2v) is 6.12. The van der Waals surface area contributed by atoms with Gasteiger partial charge in [-0.15, -0.1) is 0 Å². The van der Waals surface area contributed by atoms with Gasteiger partial charge in [-0.1, -0.05) is 0 Å². The van der Waals surface area contributed by atoms with Crippen LogP contribution < -0.4 is 4.90 Å². The van der Waals surface area contributed by atoms with Gasteiger partial charge in [0.1, 0.15) is 6.33 Å².